The highest BCUT2D eigenvalue weighted by molar-refractivity contribution is 5.96. The predicted octanol–water partition coefficient (Wildman–Crippen LogP) is 2.24. The van der Waals surface area contributed by atoms with Crippen molar-refractivity contribution in [2.24, 2.45) is 7.05 Å². The molecule has 27 heavy (non-hydrogen) atoms. The molecule has 0 spiro atoms. The van der Waals surface area contributed by atoms with Gasteiger partial charge in [-0.05, 0) is 25.3 Å². The van der Waals surface area contributed by atoms with Crippen LogP contribution in [0.4, 0.5) is 18.9 Å². The van der Waals surface area contributed by atoms with Crippen LogP contribution in [0.3, 0.4) is 0 Å². The fourth-order valence-electron chi connectivity index (χ4n) is 2.79. The van der Waals surface area contributed by atoms with Crippen molar-refractivity contribution in [3.63, 3.8) is 0 Å². The minimum absolute atomic E-state index is 0.0975. The molecule has 146 valence electrons. The van der Waals surface area contributed by atoms with E-state index < -0.39 is 28.4 Å². The average molecular weight is 386 g/mol. The maximum absolute atomic E-state index is 12.9. The van der Waals surface area contributed by atoms with Crippen LogP contribution in [-0.2, 0) is 19.8 Å². The standard InChI is InChI=1S/C15H17F3N6O3/c1-22-13(11(8-20-22)24(26)27)14(25)19-5-2-6-23-10(9-3-4-9)7-12(21-23)15(16,17)18/h7-9H,2-6H2,1H3,(H,19,25). The molecule has 2 aromatic heterocycles. The second-order valence-electron chi connectivity index (χ2n) is 6.32. The lowest BCUT2D eigenvalue weighted by molar-refractivity contribution is -0.385. The van der Waals surface area contributed by atoms with E-state index in [2.05, 4.69) is 15.5 Å². The molecule has 9 nitrogen and oxygen atoms in total. The molecule has 1 N–H and O–H groups in total. The van der Waals surface area contributed by atoms with E-state index >= 15 is 0 Å². The average Bonchev–Trinajstić information content (AvgIpc) is 3.20. The number of aryl methyl sites for hydroxylation is 2. The van der Waals surface area contributed by atoms with Crippen molar-refractivity contribution >= 4 is 11.6 Å². The van der Waals surface area contributed by atoms with Crippen molar-refractivity contribution < 1.29 is 22.9 Å². The van der Waals surface area contributed by atoms with Crippen LogP contribution in [0.5, 0.6) is 0 Å². The van der Waals surface area contributed by atoms with Gasteiger partial charge in [-0.25, -0.2) is 0 Å². The zero-order valence-electron chi connectivity index (χ0n) is 14.4. The van der Waals surface area contributed by atoms with E-state index in [0.717, 1.165) is 29.8 Å². The molecular formula is C15H17F3N6O3. The molecule has 1 amide bonds. The molecule has 0 aliphatic heterocycles. The number of aromatic nitrogens is 4. The summed E-state index contributed by atoms with van der Waals surface area (Å²) in [4.78, 5) is 22.3. The van der Waals surface area contributed by atoms with Gasteiger partial charge in [-0.2, -0.15) is 23.4 Å². The SMILES string of the molecule is Cn1ncc([N+](=O)[O-])c1C(=O)NCCCn1nc(C(F)(F)F)cc1C1CC1. The number of alkyl halides is 3. The lowest BCUT2D eigenvalue weighted by Crippen LogP contribution is -2.28. The maximum Gasteiger partial charge on any atom is 0.435 e. The fraction of sp³-hybridized carbons (Fsp3) is 0.533. The van der Waals surface area contributed by atoms with Gasteiger partial charge in [0.25, 0.3) is 5.91 Å². The van der Waals surface area contributed by atoms with Crippen LogP contribution in [0.1, 0.15) is 47.1 Å². The minimum Gasteiger partial charge on any atom is -0.350 e. The Balaban J connectivity index is 1.59. The number of hydrogen-bond acceptors (Lipinski definition) is 5. The van der Waals surface area contributed by atoms with E-state index in [0.29, 0.717) is 12.1 Å². The molecule has 0 saturated heterocycles. The van der Waals surface area contributed by atoms with E-state index in [1.54, 1.807) is 0 Å². The first-order valence-corrected chi connectivity index (χ1v) is 8.28. The second-order valence-corrected chi connectivity index (χ2v) is 6.32. The van der Waals surface area contributed by atoms with Crippen LogP contribution in [0.25, 0.3) is 0 Å². The monoisotopic (exact) mass is 386 g/mol. The Morgan fingerprint density at radius 2 is 2.15 bits per heavy atom. The van der Waals surface area contributed by atoms with Crippen molar-refractivity contribution in [1.29, 1.82) is 0 Å². The van der Waals surface area contributed by atoms with Crippen molar-refractivity contribution in [2.75, 3.05) is 6.54 Å². The second kappa shape index (κ2) is 7.00. The van der Waals surface area contributed by atoms with Gasteiger partial charge in [-0.3, -0.25) is 24.3 Å². The highest BCUT2D eigenvalue weighted by Gasteiger charge is 2.37. The third-order valence-corrected chi connectivity index (χ3v) is 4.26. The first-order valence-electron chi connectivity index (χ1n) is 8.28. The van der Waals surface area contributed by atoms with E-state index in [4.69, 9.17) is 0 Å². The number of carbonyl (C=O) groups is 1. The van der Waals surface area contributed by atoms with Crippen molar-refractivity contribution in [2.45, 2.75) is 37.9 Å². The summed E-state index contributed by atoms with van der Waals surface area (Å²) < 4.78 is 41.0. The van der Waals surface area contributed by atoms with Crippen LogP contribution in [0.2, 0.25) is 0 Å². The van der Waals surface area contributed by atoms with Gasteiger partial charge in [0.1, 0.15) is 6.20 Å². The van der Waals surface area contributed by atoms with Crippen molar-refractivity contribution in [3.8, 4) is 0 Å². The quantitative estimate of drug-likeness (QED) is 0.446. The highest BCUT2D eigenvalue weighted by atomic mass is 19.4. The van der Waals surface area contributed by atoms with E-state index in [1.807, 2.05) is 0 Å². The molecule has 12 heteroatoms. The molecule has 1 aliphatic carbocycles. The number of hydrogen-bond donors (Lipinski definition) is 1. The number of halogens is 3. The molecule has 1 aliphatic rings. The predicted molar refractivity (Wildman–Crippen MR) is 86.0 cm³/mol. The smallest absolute Gasteiger partial charge is 0.350 e. The molecule has 2 heterocycles. The Bertz CT molecular complexity index is 869. The summed E-state index contributed by atoms with van der Waals surface area (Å²) in [5, 5.41) is 20.8. The highest BCUT2D eigenvalue weighted by Crippen LogP contribution is 2.42. The molecular weight excluding hydrogens is 369 g/mol. The molecule has 2 aromatic rings. The van der Waals surface area contributed by atoms with Crippen LogP contribution in [-0.4, -0.2) is 36.9 Å². The largest absolute Gasteiger partial charge is 0.435 e. The first-order chi connectivity index (χ1) is 12.7. The van der Waals surface area contributed by atoms with Gasteiger partial charge < -0.3 is 5.32 Å². The summed E-state index contributed by atoms with van der Waals surface area (Å²) in [5.41, 5.74) is -0.958. The van der Waals surface area contributed by atoms with Gasteiger partial charge >= 0.3 is 11.9 Å². The topological polar surface area (TPSA) is 108 Å². The Labute approximate surface area is 151 Å². The molecule has 0 atom stereocenters. The van der Waals surface area contributed by atoms with Crippen molar-refractivity contribution in [1.82, 2.24) is 24.9 Å². The number of nitro groups is 1. The van der Waals surface area contributed by atoms with Gasteiger partial charge in [0.05, 0.1) is 4.92 Å². The summed E-state index contributed by atoms with van der Waals surface area (Å²) in [6, 6.07) is 1.08. The van der Waals surface area contributed by atoms with Crippen LogP contribution in [0.15, 0.2) is 12.3 Å². The zero-order valence-corrected chi connectivity index (χ0v) is 14.4. The zero-order chi connectivity index (χ0) is 19.8. The van der Waals surface area contributed by atoms with Gasteiger partial charge in [0.15, 0.2) is 5.69 Å². The number of amides is 1. The molecule has 1 fully saturated rings. The summed E-state index contributed by atoms with van der Waals surface area (Å²) in [6.45, 7) is 0.335. The fourth-order valence-corrected chi connectivity index (χ4v) is 2.79. The van der Waals surface area contributed by atoms with Crippen LogP contribution in [0, 0.1) is 10.1 Å². The Kier molecular flexibility index (Phi) is 4.89. The lowest BCUT2D eigenvalue weighted by atomic mass is 10.2. The van der Waals surface area contributed by atoms with E-state index in [9.17, 15) is 28.1 Å². The van der Waals surface area contributed by atoms with Gasteiger partial charge in [0, 0.05) is 31.7 Å². The number of rotatable bonds is 7. The molecule has 3 rings (SSSR count). The molecule has 0 bridgehead atoms. The minimum atomic E-state index is -4.50. The summed E-state index contributed by atoms with van der Waals surface area (Å²) in [7, 11) is 1.41. The van der Waals surface area contributed by atoms with E-state index in [1.165, 1.54) is 11.7 Å². The molecule has 0 aromatic carbocycles. The van der Waals surface area contributed by atoms with Crippen molar-refractivity contribution in [3.05, 3.63) is 39.5 Å². The number of nitrogens with one attached hydrogen (secondary N) is 1. The number of nitrogens with zero attached hydrogens (tertiary/aromatic N) is 5. The van der Waals surface area contributed by atoms with Gasteiger partial charge in [-0.1, -0.05) is 0 Å². The van der Waals surface area contributed by atoms with Gasteiger partial charge in [-0.15, -0.1) is 0 Å². The van der Waals surface area contributed by atoms with E-state index in [-0.39, 0.29) is 24.7 Å². The normalized spacial score (nSPS) is 14.4. The van der Waals surface area contributed by atoms with Crippen LogP contribution < -0.4 is 5.32 Å². The maximum atomic E-state index is 12.9. The Morgan fingerprint density at radius 3 is 2.74 bits per heavy atom. The Morgan fingerprint density at radius 1 is 1.44 bits per heavy atom. The van der Waals surface area contributed by atoms with Crippen LogP contribution >= 0.6 is 0 Å². The van der Waals surface area contributed by atoms with Gasteiger partial charge in [0.2, 0.25) is 5.69 Å². The third-order valence-electron chi connectivity index (χ3n) is 4.26. The third kappa shape index (κ3) is 4.09. The number of carbonyl (C=O) groups excluding carboxylic acids is 1. The summed E-state index contributed by atoms with van der Waals surface area (Å²) >= 11 is 0. The first kappa shape index (κ1) is 18.9. The molecule has 0 radical (unpaired) electrons. The lowest BCUT2D eigenvalue weighted by Gasteiger charge is -2.08. The summed E-state index contributed by atoms with van der Waals surface area (Å²) in [6.07, 6.45) is -1.51. The molecule has 0 unspecified atom stereocenters. The molecule has 1 saturated carbocycles. The summed E-state index contributed by atoms with van der Waals surface area (Å²) in [5.74, 6) is -0.569. The Hall–Kier alpha value is -2.92.